The minimum Gasteiger partial charge on any atom is -0.341 e. The molecule has 11 heteroatoms. The third kappa shape index (κ3) is 5.34. The quantitative estimate of drug-likeness (QED) is 0.487. The van der Waals surface area contributed by atoms with Crippen molar-refractivity contribution in [2.75, 3.05) is 13.1 Å². The molecule has 2 aromatic heterocycles. The van der Waals surface area contributed by atoms with Crippen molar-refractivity contribution >= 4 is 23.2 Å². The summed E-state index contributed by atoms with van der Waals surface area (Å²) in [6.45, 7) is 4.30. The summed E-state index contributed by atoms with van der Waals surface area (Å²) in [6.07, 6.45) is -0.292. The van der Waals surface area contributed by atoms with Crippen LogP contribution in [0.5, 0.6) is 0 Å². The topological polar surface area (TPSA) is 80.1 Å². The van der Waals surface area contributed by atoms with Crippen molar-refractivity contribution in [3.05, 3.63) is 68.9 Å². The summed E-state index contributed by atoms with van der Waals surface area (Å²) in [7, 11) is 0. The summed E-state index contributed by atoms with van der Waals surface area (Å²) >= 11 is 1.45. The van der Waals surface area contributed by atoms with Crippen molar-refractivity contribution in [2.45, 2.75) is 70.1 Å². The molecule has 38 heavy (non-hydrogen) atoms. The van der Waals surface area contributed by atoms with Crippen molar-refractivity contribution in [1.29, 1.82) is 0 Å². The average Bonchev–Trinajstić information content (AvgIpc) is 3.52. The van der Waals surface area contributed by atoms with Gasteiger partial charge in [-0.25, -0.2) is 4.98 Å². The number of hydrogen-bond donors (Lipinski definition) is 1. The summed E-state index contributed by atoms with van der Waals surface area (Å²) in [6, 6.07) is 9.18. The second-order valence-electron chi connectivity index (χ2n) is 10.3. The summed E-state index contributed by atoms with van der Waals surface area (Å²) < 4.78 is 39.9. The lowest BCUT2D eigenvalue weighted by molar-refractivity contribution is -0.142. The number of fused-ring (bicyclic) bond motifs is 1. The van der Waals surface area contributed by atoms with E-state index in [1.165, 1.54) is 23.8 Å². The number of aromatic nitrogens is 3. The van der Waals surface area contributed by atoms with Gasteiger partial charge in [-0.1, -0.05) is 24.3 Å². The second kappa shape index (κ2) is 10.2. The van der Waals surface area contributed by atoms with E-state index in [0.717, 1.165) is 40.6 Å². The highest BCUT2D eigenvalue weighted by molar-refractivity contribution is 7.09. The van der Waals surface area contributed by atoms with Crippen LogP contribution in [0.2, 0.25) is 0 Å². The van der Waals surface area contributed by atoms with Gasteiger partial charge in [0.1, 0.15) is 12.2 Å². The van der Waals surface area contributed by atoms with E-state index in [1.807, 2.05) is 12.1 Å². The van der Waals surface area contributed by atoms with Gasteiger partial charge in [-0.2, -0.15) is 18.3 Å². The van der Waals surface area contributed by atoms with Crippen molar-refractivity contribution < 1.29 is 22.8 Å². The Labute approximate surface area is 223 Å². The summed E-state index contributed by atoms with van der Waals surface area (Å²) in [5.74, 6) is -0.324. The van der Waals surface area contributed by atoms with Gasteiger partial charge < -0.3 is 10.2 Å². The van der Waals surface area contributed by atoms with E-state index in [0.29, 0.717) is 37.3 Å². The predicted molar refractivity (Wildman–Crippen MR) is 137 cm³/mol. The molecule has 7 nitrogen and oxygen atoms in total. The van der Waals surface area contributed by atoms with Crippen molar-refractivity contribution in [1.82, 2.24) is 25.0 Å². The standard InChI is InChI=1S/C27H30F3N5O2S/c1-17-14-22(27(28,29)30)33-35(17)15-23(36)34-12-9-19(10-13-34)25-31-21(16-38-25)24(37)32-26(2)11-5-7-18-6-3-4-8-20(18)26/h3-4,6,8,14,16,19H,5,7,9-13,15H2,1-2H3,(H,32,37)/t26-/m1/s1. The maximum absolute atomic E-state index is 13.1. The molecule has 202 valence electrons. The zero-order valence-corrected chi connectivity index (χ0v) is 22.2. The number of likely N-dealkylation sites (tertiary alicyclic amines) is 1. The highest BCUT2D eigenvalue weighted by Crippen LogP contribution is 2.36. The molecule has 1 aromatic carbocycles. The lowest BCUT2D eigenvalue weighted by Gasteiger charge is -2.36. The molecule has 2 aliphatic rings. The Kier molecular flexibility index (Phi) is 7.06. The Morgan fingerprint density at radius 1 is 1.21 bits per heavy atom. The number of alkyl halides is 3. The van der Waals surface area contributed by atoms with Gasteiger partial charge in [0.25, 0.3) is 5.91 Å². The van der Waals surface area contributed by atoms with E-state index in [2.05, 4.69) is 34.5 Å². The highest BCUT2D eigenvalue weighted by Gasteiger charge is 2.36. The number of hydrogen-bond acceptors (Lipinski definition) is 5. The van der Waals surface area contributed by atoms with Crippen LogP contribution in [0.15, 0.2) is 35.7 Å². The molecule has 3 aromatic rings. The van der Waals surface area contributed by atoms with Crippen LogP contribution in [0, 0.1) is 6.92 Å². The molecule has 1 saturated heterocycles. The number of nitrogens with one attached hydrogen (secondary N) is 1. The van der Waals surface area contributed by atoms with Crippen LogP contribution in [-0.4, -0.2) is 44.6 Å². The molecule has 3 heterocycles. The van der Waals surface area contributed by atoms with E-state index in [4.69, 9.17) is 0 Å². The van der Waals surface area contributed by atoms with E-state index >= 15 is 0 Å². The fraction of sp³-hybridized carbons (Fsp3) is 0.481. The van der Waals surface area contributed by atoms with Crippen LogP contribution >= 0.6 is 11.3 Å². The summed E-state index contributed by atoms with van der Waals surface area (Å²) in [5.41, 5.74) is 1.70. The van der Waals surface area contributed by atoms with Crippen LogP contribution < -0.4 is 5.32 Å². The second-order valence-corrected chi connectivity index (χ2v) is 11.2. The third-order valence-corrected chi connectivity index (χ3v) is 8.64. The number of carbonyl (C=O) groups is 2. The van der Waals surface area contributed by atoms with Gasteiger partial charge in [0.2, 0.25) is 5.91 Å². The first kappa shape index (κ1) is 26.4. The number of rotatable bonds is 5. The zero-order chi connectivity index (χ0) is 27.1. The molecule has 0 saturated carbocycles. The van der Waals surface area contributed by atoms with Gasteiger partial charge in [0, 0.05) is 30.1 Å². The van der Waals surface area contributed by atoms with Gasteiger partial charge in [-0.15, -0.1) is 11.3 Å². The lowest BCUT2D eigenvalue weighted by Crippen LogP contribution is -2.45. The smallest absolute Gasteiger partial charge is 0.341 e. The number of carbonyl (C=O) groups excluding carboxylic acids is 2. The van der Waals surface area contributed by atoms with E-state index in [-0.39, 0.29) is 24.3 Å². The number of aryl methyl sites for hydroxylation is 2. The number of thiazole rings is 1. The molecular weight excluding hydrogens is 515 g/mol. The molecule has 1 aliphatic heterocycles. The minimum atomic E-state index is -4.54. The number of piperidine rings is 1. The van der Waals surface area contributed by atoms with Crippen LogP contribution in [0.1, 0.15) is 76.5 Å². The zero-order valence-electron chi connectivity index (χ0n) is 21.3. The molecule has 0 spiro atoms. The first-order valence-corrected chi connectivity index (χ1v) is 13.7. The van der Waals surface area contributed by atoms with Gasteiger partial charge >= 0.3 is 6.18 Å². The number of amides is 2. The van der Waals surface area contributed by atoms with Gasteiger partial charge in [0.05, 0.1) is 10.5 Å². The van der Waals surface area contributed by atoms with Crippen molar-refractivity contribution in [2.24, 2.45) is 0 Å². The van der Waals surface area contributed by atoms with Crippen molar-refractivity contribution in [3.63, 3.8) is 0 Å². The average molecular weight is 546 g/mol. The Balaban J connectivity index is 1.17. The number of benzene rings is 1. The number of halogens is 3. The molecular formula is C27H30F3N5O2S. The van der Waals surface area contributed by atoms with Crippen LogP contribution in [0.4, 0.5) is 13.2 Å². The fourth-order valence-corrected chi connectivity index (χ4v) is 6.45. The Bertz CT molecular complexity index is 1340. The summed E-state index contributed by atoms with van der Waals surface area (Å²) in [4.78, 5) is 32.2. The molecule has 1 N–H and O–H groups in total. The fourth-order valence-electron chi connectivity index (χ4n) is 5.48. The molecule has 0 radical (unpaired) electrons. The van der Waals surface area contributed by atoms with Crippen LogP contribution in [0.25, 0.3) is 0 Å². The van der Waals surface area contributed by atoms with Crippen LogP contribution in [-0.2, 0) is 29.5 Å². The lowest BCUT2D eigenvalue weighted by atomic mass is 9.77. The Morgan fingerprint density at radius 3 is 2.66 bits per heavy atom. The Morgan fingerprint density at radius 2 is 1.95 bits per heavy atom. The molecule has 1 fully saturated rings. The molecule has 0 unspecified atom stereocenters. The normalized spacial score (nSPS) is 20.3. The maximum Gasteiger partial charge on any atom is 0.435 e. The molecule has 0 bridgehead atoms. The molecule has 2 amide bonds. The monoisotopic (exact) mass is 545 g/mol. The van der Waals surface area contributed by atoms with Crippen LogP contribution in [0.3, 0.4) is 0 Å². The van der Waals surface area contributed by atoms with E-state index in [9.17, 15) is 22.8 Å². The Hall–Kier alpha value is -3.21. The predicted octanol–water partition coefficient (Wildman–Crippen LogP) is 5.05. The van der Waals surface area contributed by atoms with E-state index in [1.54, 1.807) is 10.3 Å². The SMILES string of the molecule is Cc1cc(C(F)(F)F)nn1CC(=O)N1CCC(c2nc(C(=O)N[C@]3(C)CCCc4ccccc43)cs2)CC1. The third-order valence-electron chi connectivity index (χ3n) is 7.63. The first-order chi connectivity index (χ1) is 18.0. The largest absolute Gasteiger partial charge is 0.435 e. The number of nitrogens with zero attached hydrogens (tertiary/aromatic N) is 4. The van der Waals surface area contributed by atoms with Gasteiger partial charge in [-0.3, -0.25) is 14.3 Å². The maximum atomic E-state index is 13.1. The molecule has 1 atom stereocenters. The molecule has 1 aliphatic carbocycles. The first-order valence-electron chi connectivity index (χ1n) is 12.8. The molecule has 5 rings (SSSR count). The van der Waals surface area contributed by atoms with Crippen molar-refractivity contribution in [3.8, 4) is 0 Å². The van der Waals surface area contributed by atoms with Gasteiger partial charge in [0.15, 0.2) is 5.69 Å². The van der Waals surface area contributed by atoms with E-state index < -0.39 is 17.4 Å². The highest BCUT2D eigenvalue weighted by atomic mass is 32.1. The summed E-state index contributed by atoms with van der Waals surface area (Å²) in [5, 5.41) is 9.43. The minimum absolute atomic E-state index is 0.125. The van der Waals surface area contributed by atoms with Gasteiger partial charge in [-0.05, 0) is 63.1 Å².